The maximum absolute atomic E-state index is 12.7. The predicted octanol–water partition coefficient (Wildman–Crippen LogP) is 2.38. The van der Waals surface area contributed by atoms with E-state index in [-0.39, 0.29) is 23.9 Å². The molecule has 1 atom stereocenters. The molecule has 7 nitrogen and oxygen atoms in total. The lowest BCUT2D eigenvalue weighted by Gasteiger charge is -2.30. The highest BCUT2D eigenvalue weighted by atomic mass is 16.2. The number of rotatable bonds is 4. The summed E-state index contributed by atoms with van der Waals surface area (Å²) in [7, 11) is 1.87. The summed E-state index contributed by atoms with van der Waals surface area (Å²) >= 11 is 0. The summed E-state index contributed by atoms with van der Waals surface area (Å²) in [5.74, 6) is -0.0983. The summed E-state index contributed by atoms with van der Waals surface area (Å²) in [6.07, 6.45) is 5.45. The van der Waals surface area contributed by atoms with E-state index in [1.54, 1.807) is 21.8 Å². The van der Waals surface area contributed by atoms with Crippen LogP contribution >= 0.6 is 0 Å². The molecule has 0 saturated heterocycles. The number of pyridine rings is 1. The van der Waals surface area contributed by atoms with Crippen molar-refractivity contribution < 1.29 is 4.79 Å². The molecule has 3 heterocycles. The monoisotopic (exact) mass is 340 g/mol. The summed E-state index contributed by atoms with van der Waals surface area (Å²) in [6.45, 7) is 8.35. The minimum absolute atomic E-state index is 0.0983. The highest BCUT2D eigenvalue weighted by molar-refractivity contribution is 5.81. The van der Waals surface area contributed by atoms with E-state index in [1.165, 1.54) is 0 Å². The Kier molecular flexibility index (Phi) is 4.32. The van der Waals surface area contributed by atoms with E-state index in [1.807, 2.05) is 32.3 Å². The Hall–Kier alpha value is -2.70. The van der Waals surface area contributed by atoms with Crippen molar-refractivity contribution in [1.29, 1.82) is 0 Å². The maximum Gasteiger partial charge on any atom is 0.242 e. The number of fused-ring (bicyclic) bond motifs is 1. The lowest BCUT2D eigenvalue weighted by Crippen LogP contribution is -2.38. The van der Waals surface area contributed by atoms with Crippen LogP contribution in [-0.4, -0.2) is 30.5 Å². The molecular weight excluding hydrogens is 316 g/mol. The van der Waals surface area contributed by atoms with Gasteiger partial charge in [0.2, 0.25) is 5.91 Å². The number of aromatic nitrogens is 5. The summed E-state index contributed by atoms with van der Waals surface area (Å²) in [4.78, 5) is 17.0. The van der Waals surface area contributed by atoms with Crippen LogP contribution in [0.4, 0.5) is 0 Å². The molecule has 3 aromatic heterocycles. The third kappa shape index (κ3) is 3.55. The molecule has 132 valence electrons. The third-order valence-electron chi connectivity index (χ3n) is 4.21. The first-order chi connectivity index (χ1) is 11.8. The van der Waals surface area contributed by atoms with Crippen molar-refractivity contribution in [2.24, 2.45) is 12.5 Å². The SMILES string of the molecule is Cc1nn(CC(=O)NC(c2cnn(C)c2)C(C)(C)C)c2ncccc12. The van der Waals surface area contributed by atoms with Gasteiger partial charge in [0.15, 0.2) is 5.65 Å². The van der Waals surface area contributed by atoms with E-state index < -0.39 is 0 Å². The van der Waals surface area contributed by atoms with Crippen LogP contribution in [0.2, 0.25) is 0 Å². The molecule has 7 heteroatoms. The van der Waals surface area contributed by atoms with Crippen LogP contribution in [0.25, 0.3) is 11.0 Å². The Morgan fingerprint density at radius 1 is 1.36 bits per heavy atom. The van der Waals surface area contributed by atoms with Crippen LogP contribution in [0.1, 0.15) is 38.1 Å². The van der Waals surface area contributed by atoms with Gasteiger partial charge >= 0.3 is 0 Å². The molecule has 0 spiro atoms. The zero-order valence-corrected chi connectivity index (χ0v) is 15.3. The Morgan fingerprint density at radius 2 is 2.12 bits per heavy atom. The highest BCUT2D eigenvalue weighted by Crippen LogP contribution is 2.32. The minimum Gasteiger partial charge on any atom is -0.347 e. The van der Waals surface area contributed by atoms with Crippen LogP contribution < -0.4 is 5.32 Å². The lowest BCUT2D eigenvalue weighted by molar-refractivity contribution is -0.123. The van der Waals surface area contributed by atoms with E-state index in [4.69, 9.17) is 0 Å². The molecule has 0 aliphatic rings. The van der Waals surface area contributed by atoms with E-state index in [2.05, 4.69) is 41.3 Å². The molecule has 0 bridgehead atoms. The normalized spacial score (nSPS) is 13.2. The molecule has 1 N–H and O–H groups in total. The Labute approximate surface area is 147 Å². The van der Waals surface area contributed by atoms with Crippen molar-refractivity contribution in [3.8, 4) is 0 Å². The van der Waals surface area contributed by atoms with Crippen molar-refractivity contribution in [2.45, 2.75) is 40.3 Å². The Bertz CT molecular complexity index is 902. The van der Waals surface area contributed by atoms with E-state index >= 15 is 0 Å². The third-order valence-corrected chi connectivity index (χ3v) is 4.21. The van der Waals surface area contributed by atoms with Gasteiger partial charge in [0.25, 0.3) is 0 Å². The van der Waals surface area contributed by atoms with Gasteiger partial charge in [-0.2, -0.15) is 10.2 Å². The molecule has 0 aliphatic heterocycles. The number of carbonyl (C=O) groups is 1. The highest BCUT2D eigenvalue weighted by Gasteiger charge is 2.29. The molecule has 3 aromatic rings. The van der Waals surface area contributed by atoms with Gasteiger partial charge in [0, 0.05) is 30.4 Å². The fraction of sp³-hybridized carbons (Fsp3) is 0.444. The van der Waals surface area contributed by atoms with Crippen LogP contribution in [0.15, 0.2) is 30.7 Å². The fourth-order valence-corrected chi connectivity index (χ4v) is 3.01. The molecule has 0 fully saturated rings. The quantitative estimate of drug-likeness (QED) is 0.791. The zero-order chi connectivity index (χ0) is 18.2. The summed E-state index contributed by atoms with van der Waals surface area (Å²) in [5.41, 5.74) is 2.45. The van der Waals surface area contributed by atoms with Crippen LogP contribution in [0.5, 0.6) is 0 Å². The predicted molar refractivity (Wildman–Crippen MR) is 95.8 cm³/mol. The average Bonchev–Trinajstić information content (AvgIpc) is 3.09. The molecule has 0 aliphatic carbocycles. The van der Waals surface area contributed by atoms with Gasteiger partial charge in [-0.25, -0.2) is 9.67 Å². The number of amides is 1. The van der Waals surface area contributed by atoms with Gasteiger partial charge in [-0.15, -0.1) is 0 Å². The van der Waals surface area contributed by atoms with Crippen molar-refractivity contribution in [3.63, 3.8) is 0 Å². The first-order valence-corrected chi connectivity index (χ1v) is 8.32. The zero-order valence-electron chi connectivity index (χ0n) is 15.3. The first kappa shape index (κ1) is 17.1. The topological polar surface area (TPSA) is 77.6 Å². The second kappa shape index (κ2) is 6.31. The molecule has 25 heavy (non-hydrogen) atoms. The average molecular weight is 340 g/mol. The molecule has 3 rings (SSSR count). The van der Waals surface area contributed by atoms with Gasteiger partial charge in [-0.05, 0) is 24.5 Å². The van der Waals surface area contributed by atoms with Crippen molar-refractivity contribution in [3.05, 3.63) is 42.0 Å². The van der Waals surface area contributed by atoms with Crippen LogP contribution in [-0.2, 0) is 18.4 Å². The van der Waals surface area contributed by atoms with Crippen LogP contribution in [0.3, 0.4) is 0 Å². The molecule has 0 aromatic carbocycles. The van der Waals surface area contributed by atoms with Gasteiger partial charge in [0.05, 0.1) is 17.9 Å². The number of aryl methyl sites for hydroxylation is 2. The Balaban J connectivity index is 1.82. The van der Waals surface area contributed by atoms with Crippen molar-refractivity contribution in [2.75, 3.05) is 0 Å². The molecule has 1 amide bonds. The number of hydrogen-bond acceptors (Lipinski definition) is 4. The van der Waals surface area contributed by atoms with Gasteiger partial charge in [-0.3, -0.25) is 9.48 Å². The number of nitrogens with one attached hydrogen (secondary N) is 1. The summed E-state index contributed by atoms with van der Waals surface area (Å²) < 4.78 is 3.40. The van der Waals surface area contributed by atoms with Gasteiger partial charge in [0.1, 0.15) is 6.54 Å². The minimum atomic E-state index is -0.140. The standard InChI is InChI=1S/C18H24N6O/c1-12-14-7-6-8-19-17(14)24(22-12)11-15(25)21-16(18(2,3)4)13-9-20-23(5)10-13/h6-10,16H,11H2,1-5H3,(H,21,25). The molecule has 0 saturated carbocycles. The lowest BCUT2D eigenvalue weighted by atomic mass is 9.83. The molecule has 0 radical (unpaired) electrons. The number of carbonyl (C=O) groups excluding carboxylic acids is 1. The van der Waals surface area contributed by atoms with Gasteiger partial charge in [-0.1, -0.05) is 20.8 Å². The second-order valence-electron chi connectivity index (χ2n) is 7.43. The van der Waals surface area contributed by atoms with E-state index in [0.717, 1.165) is 22.3 Å². The molecular formula is C18H24N6O. The van der Waals surface area contributed by atoms with Gasteiger partial charge < -0.3 is 5.32 Å². The Morgan fingerprint density at radius 3 is 2.76 bits per heavy atom. The first-order valence-electron chi connectivity index (χ1n) is 8.32. The largest absolute Gasteiger partial charge is 0.347 e. The number of nitrogens with zero attached hydrogens (tertiary/aromatic N) is 5. The van der Waals surface area contributed by atoms with Crippen molar-refractivity contribution >= 4 is 16.9 Å². The smallest absolute Gasteiger partial charge is 0.242 e. The summed E-state index contributed by atoms with van der Waals surface area (Å²) in [6, 6.07) is 3.70. The molecule has 1 unspecified atom stereocenters. The van der Waals surface area contributed by atoms with E-state index in [0.29, 0.717) is 0 Å². The fourth-order valence-electron chi connectivity index (χ4n) is 3.01. The summed E-state index contributed by atoms with van der Waals surface area (Å²) in [5, 5.41) is 12.8. The number of hydrogen-bond donors (Lipinski definition) is 1. The second-order valence-corrected chi connectivity index (χ2v) is 7.43. The van der Waals surface area contributed by atoms with E-state index in [9.17, 15) is 4.79 Å². The van der Waals surface area contributed by atoms with Crippen molar-refractivity contribution in [1.82, 2.24) is 29.9 Å². The van der Waals surface area contributed by atoms with Crippen LogP contribution in [0, 0.1) is 12.3 Å². The maximum atomic E-state index is 12.7.